The maximum Gasteiger partial charge on any atom is 0.308 e. The number of esters is 1. The molecule has 0 fully saturated rings. The fourth-order valence-corrected chi connectivity index (χ4v) is 1.56. The SMILES string of the molecule is CCOC(=O)CC(C)(C)n1cc(Br)cn1. The van der Waals surface area contributed by atoms with Crippen molar-refractivity contribution in [3.05, 3.63) is 16.9 Å². The van der Waals surface area contributed by atoms with Crippen LogP contribution in [0.3, 0.4) is 0 Å². The van der Waals surface area contributed by atoms with Crippen molar-refractivity contribution < 1.29 is 9.53 Å². The van der Waals surface area contributed by atoms with E-state index < -0.39 is 0 Å². The zero-order valence-electron chi connectivity index (χ0n) is 9.16. The quantitative estimate of drug-likeness (QED) is 0.792. The molecule has 0 aromatic carbocycles. The highest BCUT2D eigenvalue weighted by atomic mass is 79.9. The Morgan fingerprint density at radius 3 is 2.80 bits per heavy atom. The Labute approximate surface area is 97.7 Å². The molecule has 0 aliphatic rings. The summed E-state index contributed by atoms with van der Waals surface area (Å²) in [7, 11) is 0. The number of rotatable bonds is 4. The number of hydrogen-bond acceptors (Lipinski definition) is 3. The van der Waals surface area contributed by atoms with E-state index in [1.54, 1.807) is 17.8 Å². The molecule has 0 radical (unpaired) electrons. The largest absolute Gasteiger partial charge is 0.466 e. The lowest BCUT2D eigenvalue weighted by molar-refractivity contribution is -0.145. The van der Waals surface area contributed by atoms with Gasteiger partial charge in [-0.2, -0.15) is 5.10 Å². The predicted octanol–water partition coefficient (Wildman–Crippen LogP) is 2.33. The van der Waals surface area contributed by atoms with E-state index >= 15 is 0 Å². The van der Waals surface area contributed by atoms with Crippen molar-refractivity contribution in [1.29, 1.82) is 0 Å². The summed E-state index contributed by atoms with van der Waals surface area (Å²) in [6.07, 6.45) is 3.86. The summed E-state index contributed by atoms with van der Waals surface area (Å²) in [5.41, 5.74) is -0.363. The first-order valence-corrected chi connectivity index (χ1v) is 5.61. The fraction of sp³-hybridized carbons (Fsp3) is 0.600. The van der Waals surface area contributed by atoms with Crippen molar-refractivity contribution in [2.45, 2.75) is 32.7 Å². The fourth-order valence-electron chi connectivity index (χ4n) is 1.28. The summed E-state index contributed by atoms with van der Waals surface area (Å²) in [6, 6.07) is 0. The van der Waals surface area contributed by atoms with Crippen LogP contribution in [0.5, 0.6) is 0 Å². The van der Waals surface area contributed by atoms with Crippen LogP contribution in [0.25, 0.3) is 0 Å². The van der Waals surface area contributed by atoms with Gasteiger partial charge >= 0.3 is 5.97 Å². The predicted molar refractivity (Wildman–Crippen MR) is 60.5 cm³/mol. The smallest absolute Gasteiger partial charge is 0.308 e. The molecule has 15 heavy (non-hydrogen) atoms. The Kier molecular flexibility index (Phi) is 3.90. The van der Waals surface area contributed by atoms with E-state index in [1.165, 1.54) is 0 Å². The van der Waals surface area contributed by atoms with E-state index in [2.05, 4.69) is 21.0 Å². The summed E-state index contributed by atoms with van der Waals surface area (Å²) in [5.74, 6) is -0.200. The van der Waals surface area contributed by atoms with Gasteiger partial charge in [0.25, 0.3) is 0 Å². The second-order valence-electron chi connectivity index (χ2n) is 3.90. The number of aromatic nitrogens is 2. The molecule has 0 N–H and O–H groups in total. The lowest BCUT2D eigenvalue weighted by Crippen LogP contribution is -2.30. The third kappa shape index (κ3) is 3.34. The molecule has 0 aliphatic heterocycles. The van der Waals surface area contributed by atoms with Crippen LogP contribution >= 0.6 is 15.9 Å². The highest BCUT2D eigenvalue weighted by Crippen LogP contribution is 2.21. The first-order chi connectivity index (χ1) is 6.95. The number of carbonyl (C=O) groups is 1. The van der Waals surface area contributed by atoms with Crippen LogP contribution in [0, 0.1) is 0 Å². The molecule has 1 rings (SSSR count). The first kappa shape index (κ1) is 12.2. The number of nitrogens with zero attached hydrogens (tertiary/aromatic N) is 2. The molecule has 0 saturated heterocycles. The number of hydrogen-bond donors (Lipinski definition) is 0. The minimum absolute atomic E-state index is 0.200. The molecule has 0 saturated carbocycles. The topological polar surface area (TPSA) is 44.1 Å². The average Bonchev–Trinajstić information content (AvgIpc) is 2.51. The third-order valence-corrected chi connectivity index (χ3v) is 2.46. The molecule has 0 aliphatic carbocycles. The lowest BCUT2D eigenvalue weighted by Gasteiger charge is -2.24. The standard InChI is InChI=1S/C10H15BrN2O2/c1-4-15-9(14)5-10(2,3)13-7-8(11)6-12-13/h6-7H,4-5H2,1-3H3. The van der Waals surface area contributed by atoms with Gasteiger partial charge in [-0.1, -0.05) is 0 Å². The Morgan fingerprint density at radius 2 is 2.33 bits per heavy atom. The van der Waals surface area contributed by atoms with Crippen LogP contribution < -0.4 is 0 Å². The summed E-state index contributed by atoms with van der Waals surface area (Å²) >= 11 is 3.32. The average molecular weight is 275 g/mol. The monoisotopic (exact) mass is 274 g/mol. The molecule has 5 heteroatoms. The van der Waals surface area contributed by atoms with Crippen LogP contribution in [-0.4, -0.2) is 22.4 Å². The van der Waals surface area contributed by atoms with Crippen LogP contribution in [0.4, 0.5) is 0 Å². The van der Waals surface area contributed by atoms with Crippen molar-refractivity contribution in [3.63, 3.8) is 0 Å². The normalized spacial score (nSPS) is 11.5. The van der Waals surface area contributed by atoms with E-state index in [-0.39, 0.29) is 11.5 Å². The Morgan fingerprint density at radius 1 is 1.67 bits per heavy atom. The van der Waals surface area contributed by atoms with Gasteiger partial charge in [0.1, 0.15) is 0 Å². The minimum Gasteiger partial charge on any atom is -0.466 e. The maximum atomic E-state index is 11.4. The summed E-state index contributed by atoms with van der Waals surface area (Å²) in [6.45, 7) is 6.11. The molecule has 0 spiro atoms. The van der Waals surface area contributed by atoms with Gasteiger partial charge < -0.3 is 4.74 Å². The van der Waals surface area contributed by atoms with Crippen molar-refractivity contribution in [2.75, 3.05) is 6.61 Å². The van der Waals surface area contributed by atoms with Gasteiger partial charge in [-0.15, -0.1) is 0 Å². The second-order valence-corrected chi connectivity index (χ2v) is 4.81. The van der Waals surface area contributed by atoms with Crippen molar-refractivity contribution in [3.8, 4) is 0 Å². The minimum atomic E-state index is -0.363. The Hall–Kier alpha value is -0.840. The molecular formula is C10H15BrN2O2. The zero-order valence-corrected chi connectivity index (χ0v) is 10.7. The Balaban J connectivity index is 2.70. The highest BCUT2D eigenvalue weighted by Gasteiger charge is 2.25. The van der Waals surface area contributed by atoms with Gasteiger partial charge in [0, 0.05) is 6.20 Å². The molecule has 1 aromatic heterocycles. The number of halogens is 1. The molecule has 1 heterocycles. The van der Waals surface area contributed by atoms with E-state index in [4.69, 9.17) is 4.74 Å². The molecule has 1 aromatic rings. The van der Waals surface area contributed by atoms with Gasteiger partial charge in [0.2, 0.25) is 0 Å². The third-order valence-electron chi connectivity index (χ3n) is 2.05. The van der Waals surface area contributed by atoms with E-state index in [9.17, 15) is 4.79 Å². The van der Waals surface area contributed by atoms with Gasteiger partial charge in [0.05, 0.1) is 29.2 Å². The van der Waals surface area contributed by atoms with Gasteiger partial charge in [-0.05, 0) is 36.7 Å². The van der Waals surface area contributed by atoms with Gasteiger partial charge in [-0.25, -0.2) is 0 Å². The molecule has 4 nitrogen and oxygen atoms in total. The highest BCUT2D eigenvalue weighted by molar-refractivity contribution is 9.10. The van der Waals surface area contributed by atoms with Crippen molar-refractivity contribution in [2.24, 2.45) is 0 Å². The molecule has 0 bridgehead atoms. The lowest BCUT2D eigenvalue weighted by atomic mass is 10.0. The van der Waals surface area contributed by atoms with Crippen LogP contribution in [0.15, 0.2) is 16.9 Å². The van der Waals surface area contributed by atoms with E-state index in [0.717, 1.165) is 4.47 Å². The first-order valence-electron chi connectivity index (χ1n) is 4.82. The molecular weight excluding hydrogens is 260 g/mol. The van der Waals surface area contributed by atoms with Crippen LogP contribution in [0.2, 0.25) is 0 Å². The van der Waals surface area contributed by atoms with E-state index in [1.807, 2.05) is 20.0 Å². The zero-order chi connectivity index (χ0) is 11.5. The Bertz CT molecular complexity index is 347. The summed E-state index contributed by atoms with van der Waals surface area (Å²) in [5, 5.41) is 4.16. The maximum absolute atomic E-state index is 11.4. The summed E-state index contributed by atoms with van der Waals surface area (Å²) in [4.78, 5) is 11.4. The number of ether oxygens (including phenoxy) is 1. The van der Waals surface area contributed by atoms with Gasteiger partial charge in [-0.3, -0.25) is 9.48 Å². The molecule has 84 valence electrons. The van der Waals surface area contributed by atoms with Crippen LogP contribution in [-0.2, 0) is 15.1 Å². The summed E-state index contributed by atoms with van der Waals surface area (Å²) < 4.78 is 7.57. The molecule has 0 atom stereocenters. The molecule has 0 amide bonds. The second kappa shape index (κ2) is 4.79. The van der Waals surface area contributed by atoms with Crippen molar-refractivity contribution >= 4 is 21.9 Å². The van der Waals surface area contributed by atoms with E-state index in [0.29, 0.717) is 13.0 Å². The molecule has 0 unspecified atom stereocenters. The number of carbonyl (C=O) groups excluding carboxylic acids is 1. The van der Waals surface area contributed by atoms with Crippen molar-refractivity contribution in [1.82, 2.24) is 9.78 Å². The van der Waals surface area contributed by atoms with Gasteiger partial charge in [0.15, 0.2) is 0 Å². The van der Waals surface area contributed by atoms with Crippen LogP contribution in [0.1, 0.15) is 27.2 Å².